The quantitative estimate of drug-likeness (QED) is 0.769. The predicted molar refractivity (Wildman–Crippen MR) is 65.6 cm³/mol. The largest absolute Gasteiger partial charge is 0.390 e. The topological polar surface area (TPSA) is 29.5 Å². The molecule has 0 aromatic heterocycles. The average Bonchev–Trinajstić information content (AvgIpc) is 2.31. The third kappa shape index (κ3) is 5.46. The number of rotatable bonds is 7. The van der Waals surface area contributed by atoms with Crippen molar-refractivity contribution in [1.29, 1.82) is 0 Å². The predicted octanol–water partition coefficient (Wildman–Crippen LogP) is 3.27. The lowest BCUT2D eigenvalue weighted by Crippen LogP contribution is -2.34. The van der Waals surface area contributed by atoms with Crippen molar-refractivity contribution < 1.29 is 27.4 Å². The molecular weight excluding hydrogens is 332 g/mol. The van der Waals surface area contributed by atoms with E-state index in [4.69, 9.17) is 0 Å². The van der Waals surface area contributed by atoms with Crippen LogP contribution in [0.5, 0.6) is 0 Å². The molecule has 0 bridgehead atoms. The minimum Gasteiger partial charge on any atom is -0.390 e. The second-order valence-corrected chi connectivity index (χ2v) is 4.88. The van der Waals surface area contributed by atoms with Gasteiger partial charge in [0.05, 0.1) is 12.7 Å². The lowest BCUT2D eigenvalue weighted by atomic mass is 10.1. The summed E-state index contributed by atoms with van der Waals surface area (Å²) < 4.78 is 53.9. The summed E-state index contributed by atoms with van der Waals surface area (Å²) in [5.74, 6) is -4.19. The van der Waals surface area contributed by atoms with Gasteiger partial charge in [-0.15, -0.1) is 0 Å². The van der Waals surface area contributed by atoms with Crippen molar-refractivity contribution in [3.8, 4) is 0 Å². The average molecular weight is 345 g/mol. The van der Waals surface area contributed by atoms with Gasteiger partial charge in [0.25, 0.3) is 0 Å². The van der Waals surface area contributed by atoms with Crippen LogP contribution < -0.4 is 0 Å². The van der Waals surface area contributed by atoms with Crippen molar-refractivity contribution in [3.05, 3.63) is 34.3 Å². The van der Waals surface area contributed by atoms with Crippen LogP contribution in [0.1, 0.15) is 5.56 Å². The first-order valence-corrected chi connectivity index (χ1v) is 6.27. The number of hydrogen-bond donors (Lipinski definition) is 1. The number of ether oxygens (including phenoxy) is 1. The first-order chi connectivity index (χ1) is 8.83. The third-order valence-corrected chi connectivity index (χ3v) is 3.11. The van der Waals surface area contributed by atoms with Crippen LogP contribution in [0.15, 0.2) is 28.7 Å². The fraction of sp³-hybridized carbons (Fsp3) is 0.500. The highest BCUT2D eigenvalue weighted by molar-refractivity contribution is 9.10. The van der Waals surface area contributed by atoms with Crippen molar-refractivity contribution in [2.75, 3.05) is 13.2 Å². The highest BCUT2D eigenvalue weighted by Gasteiger charge is 2.41. The molecule has 0 saturated carbocycles. The summed E-state index contributed by atoms with van der Waals surface area (Å²) in [6.45, 7) is -1.83. The van der Waals surface area contributed by atoms with Gasteiger partial charge in [-0.3, -0.25) is 0 Å². The Balaban J connectivity index is 2.37. The zero-order chi connectivity index (χ0) is 14.5. The van der Waals surface area contributed by atoms with Crippen molar-refractivity contribution >= 4 is 15.9 Å². The summed E-state index contributed by atoms with van der Waals surface area (Å²) in [7, 11) is 0. The summed E-state index contributed by atoms with van der Waals surface area (Å²) in [5.41, 5.74) is 0.777. The molecule has 0 saturated heterocycles. The molecule has 1 N–H and O–H groups in total. The second kappa shape index (κ2) is 7.21. The van der Waals surface area contributed by atoms with E-state index in [0.717, 1.165) is 10.0 Å². The maximum absolute atomic E-state index is 12.5. The molecule has 19 heavy (non-hydrogen) atoms. The smallest absolute Gasteiger partial charge is 0.330 e. The number of alkyl halides is 4. The van der Waals surface area contributed by atoms with Gasteiger partial charge in [-0.05, 0) is 11.6 Å². The van der Waals surface area contributed by atoms with Gasteiger partial charge in [-0.1, -0.05) is 34.1 Å². The van der Waals surface area contributed by atoms with Gasteiger partial charge >= 0.3 is 12.3 Å². The SMILES string of the molecule is OC(COCC(F)(F)C(F)F)Cc1ccccc1Br. The van der Waals surface area contributed by atoms with Crippen molar-refractivity contribution in [2.45, 2.75) is 24.9 Å². The fourth-order valence-electron chi connectivity index (χ4n) is 1.37. The molecule has 0 aliphatic rings. The lowest BCUT2D eigenvalue weighted by Gasteiger charge is -2.17. The molecule has 0 heterocycles. The molecule has 7 heteroatoms. The molecule has 1 aromatic rings. The van der Waals surface area contributed by atoms with Gasteiger partial charge in [-0.2, -0.15) is 8.78 Å². The summed E-state index contributed by atoms with van der Waals surface area (Å²) in [5, 5.41) is 9.58. The molecule has 0 amide bonds. The van der Waals surface area contributed by atoms with Gasteiger partial charge in [0.2, 0.25) is 0 Å². The maximum atomic E-state index is 12.5. The van der Waals surface area contributed by atoms with Gasteiger partial charge in [0.15, 0.2) is 0 Å². The first kappa shape index (κ1) is 16.4. The summed E-state index contributed by atoms with van der Waals surface area (Å²) in [6.07, 6.45) is -4.62. The van der Waals surface area contributed by atoms with E-state index in [0.29, 0.717) is 0 Å². The van der Waals surface area contributed by atoms with Crippen LogP contribution in [0.25, 0.3) is 0 Å². The van der Waals surface area contributed by atoms with E-state index >= 15 is 0 Å². The normalized spacial score (nSPS) is 13.8. The third-order valence-electron chi connectivity index (χ3n) is 2.34. The van der Waals surface area contributed by atoms with Crippen molar-refractivity contribution in [2.24, 2.45) is 0 Å². The molecule has 0 aliphatic heterocycles. The highest BCUT2D eigenvalue weighted by atomic mass is 79.9. The van der Waals surface area contributed by atoms with E-state index in [-0.39, 0.29) is 6.42 Å². The monoisotopic (exact) mass is 344 g/mol. The Bertz CT molecular complexity index is 401. The number of aliphatic hydroxyl groups is 1. The molecule has 0 spiro atoms. The molecule has 108 valence electrons. The summed E-state index contributed by atoms with van der Waals surface area (Å²) >= 11 is 3.27. The Morgan fingerprint density at radius 2 is 1.89 bits per heavy atom. The molecule has 2 nitrogen and oxygen atoms in total. The Labute approximate surface area is 116 Å². The molecule has 0 fully saturated rings. The minimum absolute atomic E-state index is 0.182. The molecule has 1 atom stereocenters. The van der Waals surface area contributed by atoms with E-state index in [2.05, 4.69) is 20.7 Å². The standard InChI is InChI=1S/C12H13BrF4O2/c13-10-4-2-1-3-8(10)5-9(18)6-19-7-12(16,17)11(14)15/h1-4,9,11,18H,5-7H2. The van der Waals surface area contributed by atoms with Gasteiger partial charge < -0.3 is 9.84 Å². The number of halogens is 5. The molecule has 1 rings (SSSR count). The van der Waals surface area contributed by atoms with Crippen molar-refractivity contribution in [1.82, 2.24) is 0 Å². The molecule has 0 radical (unpaired) electrons. The van der Waals surface area contributed by atoms with E-state index < -0.39 is 31.7 Å². The minimum atomic E-state index is -4.19. The molecule has 1 unspecified atom stereocenters. The van der Waals surface area contributed by atoms with Crippen LogP contribution in [0, 0.1) is 0 Å². The zero-order valence-corrected chi connectivity index (χ0v) is 11.4. The Morgan fingerprint density at radius 1 is 1.26 bits per heavy atom. The lowest BCUT2D eigenvalue weighted by molar-refractivity contribution is -0.170. The first-order valence-electron chi connectivity index (χ1n) is 5.48. The van der Waals surface area contributed by atoms with Crippen LogP contribution in [0.3, 0.4) is 0 Å². The molecule has 0 aliphatic carbocycles. The van der Waals surface area contributed by atoms with E-state index in [1.165, 1.54) is 0 Å². The fourth-order valence-corrected chi connectivity index (χ4v) is 1.82. The molecule has 1 aromatic carbocycles. The summed E-state index contributed by atoms with van der Waals surface area (Å²) in [6, 6.07) is 7.08. The van der Waals surface area contributed by atoms with Crippen LogP contribution in [-0.2, 0) is 11.2 Å². The van der Waals surface area contributed by atoms with Crippen LogP contribution >= 0.6 is 15.9 Å². The number of aliphatic hydroxyl groups excluding tert-OH is 1. The Kier molecular flexibility index (Phi) is 6.22. The van der Waals surface area contributed by atoms with E-state index in [1.807, 2.05) is 0 Å². The maximum Gasteiger partial charge on any atom is 0.330 e. The van der Waals surface area contributed by atoms with Gasteiger partial charge in [-0.25, -0.2) is 8.78 Å². The van der Waals surface area contributed by atoms with Crippen LogP contribution in [0.4, 0.5) is 17.6 Å². The Hall–Kier alpha value is -0.660. The van der Waals surface area contributed by atoms with Crippen LogP contribution in [-0.4, -0.2) is 36.8 Å². The van der Waals surface area contributed by atoms with Gasteiger partial charge in [0.1, 0.15) is 6.61 Å². The van der Waals surface area contributed by atoms with E-state index in [9.17, 15) is 22.7 Å². The number of hydrogen-bond acceptors (Lipinski definition) is 2. The van der Waals surface area contributed by atoms with Gasteiger partial charge in [0, 0.05) is 10.9 Å². The van der Waals surface area contributed by atoms with E-state index in [1.54, 1.807) is 24.3 Å². The highest BCUT2D eigenvalue weighted by Crippen LogP contribution is 2.23. The summed E-state index contributed by atoms with van der Waals surface area (Å²) in [4.78, 5) is 0. The Morgan fingerprint density at radius 3 is 2.47 bits per heavy atom. The van der Waals surface area contributed by atoms with Crippen LogP contribution in [0.2, 0.25) is 0 Å². The zero-order valence-electron chi connectivity index (χ0n) is 9.83. The second-order valence-electron chi connectivity index (χ2n) is 4.03. The van der Waals surface area contributed by atoms with Crippen molar-refractivity contribution in [3.63, 3.8) is 0 Å². The molecular formula is C12H13BrF4O2. The number of benzene rings is 1.